The molecule has 1 saturated heterocycles. The summed E-state index contributed by atoms with van der Waals surface area (Å²) >= 11 is 0. The number of fused-ring (bicyclic) bond motifs is 10. The molecule has 9 heteroatoms. The molecule has 0 radical (unpaired) electrons. The lowest BCUT2D eigenvalue weighted by Gasteiger charge is -2.43. The molecule has 3 aliphatic heterocycles. The van der Waals surface area contributed by atoms with Crippen molar-refractivity contribution in [3.63, 3.8) is 0 Å². The number of rotatable bonds is 3. The van der Waals surface area contributed by atoms with E-state index >= 15 is 0 Å². The predicted molar refractivity (Wildman–Crippen MR) is 166 cm³/mol. The fourth-order valence-electron chi connectivity index (χ4n) is 7.65. The molecule has 4 nitrogen and oxygen atoms in total. The molecule has 0 saturated carbocycles. The van der Waals surface area contributed by atoms with Gasteiger partial charge in [-0.2, -0.15) is 13.2 Å². The smallest absolute Gasteiger partial charge is 0.485 e. The summed E-state index contributed by atoms with van der Waals surface area (Å²) in [5.41, 5.74) is -0.567. The predicted octanol–water partition coefficient (Wildman–Crippen LogP) is 7.65. The van der Waals surface area contributed by atoms with Crippen molar-refractivity contribution in [2.75, 3.05) is 0 Å². The number of benzene rings is 5. The van der Waals surface area contributed by atoms with Crippen LogP contribution < -0.4 is 0 Å². The van der Waals surface area contributed by atoms with Crippen molar-refractivity contribution in [2.24, 2.45) is 0 Å². The molecule has 5 aromatic rings. The summed E-state index contributed by atoms with van der Waals surface area (Å²) in [4.78, 5) is 2.84. The molecule has 45 heavy (non-hydrogen) atoms. The average molecular weight is 645 g/mol. The van der Waals surface area contributed by atoms with Crippen molar-refractivity contribution < 1.29 is 30.9 Å². The van der Waals surface area contributed by atoms with Gasteiger partial charge in [0.2, 0.25) is 0 Å². The topological polar surface area (TPSA) is 66.4 Å². The molecule has 3 aliphatic rings. The Morgan fingerprint density at radius 1 is 0.667 bits per heavy atom. The van der Waals surface area contributed by atoms with Crippen LogP contribution in [0, 0.1) is 0 Å². The first-order chi connectivity index (χ1) is 21.5. The average Bonchev–Trinajstić information content (AvgIpc) is 3.61. The van der Waals surface area contributed by atoms with Gasteiger partial charge in [-0.1, -0.05) is 121 Å². The van der Waals surface area contributed by atoms with Crippen LogP contribution in [0.4, 0.5) is 13.2 Å². The van der Waals surface area contributed by atoms with Crippen LogP contribution in [0.25, 0.3) is 0 Å². The summed E-state index contributed by atoms with van der Waals surface area (Å²) in [6, 6.07) is 51.3. The molecule has 5 atom stereocenters. The Bertz CT molecular complexity index is 1990. The zero-order valence-electron chi connectivity index (χ0n) is 23.9. The van der Waals surface area contributed by atoms with Crippen LogP contribution >= 0.6 is 0 Å². The summed E-state index contributed by atoms with van der Waals surface area (Å²) < 4.78 is 66.7. The monoisotopic (exact) mass is 644 g/mol. The second kappa shape index (κ2) is 10.3. The Morgan fingerprint density at radius 2 is 1.11 bits per heavy atom. The zero-order valence-corrected chi connectivity index (χ0v) is 25.6. The van der Waals surface area contributed by atoms with Crippen molar-refractivity contribution in [3.8, 4) is 0 Å². The van der Waals surface area contributed by atoms with E-state index in [1.807, 2.05) is 0 Å². The van der Waals surface area contributed by atoms with Gasteiger partial charge in [-0.25, -0.2) is 8.42 Å². The highest BCUT2D eigenvalue weighted by Gasteiger charge is 2.85. The summed E-state index contributed by atoms with van der Waals surface area (Å²) in [5.74, 6) is 0. The maximum Gasteiger partial charge on any atom is 0.485 e. The molecule has 1 fully saturated rings. The molecule has 0 N–H and O–H groups in total. The van der Waals surface area contributed by atoms with Crippen molar-refractivity contribution in [1.29, 1.82) is 0 Å². The van der Waals surface area contributed by atoms with Gasteiger partial charge in [0.25, 0.3) is 0 Å². The number of hydrogen-bond donors (Lipinski definition) is 0. The Labute approximate surface area is 262 Å². The van der Waals surface area contributed by atoms with E-state index < -0.39 is 26.8 Å². The number of halogens is 3. The first-order valence-electron chi connectivity index (χ1n) is 14.3. The molecule has 228 valence electrons. The third-order valence-electron chi connectivity index (χ3n) is 9.23. The van der Waals surface area contributed by atoms with Gasteiger partial charge in [0.15, 0.2) is 30.8 Å². The largest absolute Gasteiger partial charge is 0.741 e. The van der Waals surface area contributed by atoms with Gasteiger partial charge in [-0.05, 0) is 47.4 Å². The van der Waals surface area contributed by atoms with Crippen LogP contribution in [0.3, 0.4) is 0 Å². The van der Waals surface area contributed by atoms with E-state index in [4.69, 9.17) is 17.7 Å². The van der Waals surface area contributed by atoms with E-state index in [1.165, 1.54) is 37.6 Å². The van der Waals surface area contributed by atoms with Crippen LogP contribution in [0.2, 0.25) is 0 Å². The molecule has 0 aliphatic carbocycles. The summed E-state index contributed by atoms with van der Waals surface area (Å²) in [7, 11) is -6.27. The molecular formula is C36H27F3O4S2. The fourth-order valence-corrected chi connectivity index (χ4v) is 11.0. The summed E-state index contributed by atoms with van der Waals surface area (Å²) in [6.07, 6.45) is 0. The van der Waals surface area contributed by atoms with Crippen LogP contribution in [0.1, 0.15) is 34.7 Å². The van der Waals surface area contributed by atoms with Gasteiger partial charge >= 0.3 is 5.51 Å². The molecule has 0 spiro atoms. The molecular weight excluding hydrogens is 618 g/mol. The fraction of sp³-hybridized carbons (Fsp3) is 0.167. The van der Waals surface area contributed by atoms with E-state index in [1.54, 1.807) is 0 Å². The maximum absolute atomic E-state index is 10.7. The lowest BCUT2D eigenvalue weighted by molar-refractivity contribution is -0.0555. The minimum absolute atomic E-state index is 0.182. The standard InChI is InChI=1S/C35H27OS.CHF3O3S/c1-33-30-23-13-14-24-31(30)37(27-19-9-4-10-20-27)32(33)34(25-15-5-2-6-16-25)28-21-11-12-22-29(28)35(33,36-34)26-17-7-3-8-18-26;2-1(3,4)8(5,6)7/h2-24,32H,1H3;(H,5,6,7)/q+1;/p-1/t32-,33+,34-,35+,37?;/m0./s1. The van der Waals surface area contributed by atoms with Crippen LogP contribution in [-0.2, 0) is 42.4 Å². The first-order valence-corrected chi connectivity index (χ1v) is 17.0. The van der Waals surface area contributed by atoms with Gasteiger partial charge in [-0.3, -0.25) is 0 Å². The van der Waals surface area contributed by atoms with Gasteiger partial charge in [0.1, 0.15) is 5.60 Å². The van der Waals surface area contributed by atoms with Gasteiger partial charge < -0.3 is 9.29 Å². The zero-order chi connectivity index (χ0) is 31.7. The molecule has 0 aromatic heterocycles. The summed E-state index contributed by atoms with van der Waals surface area (Å²) in [5, 5.41) is 0.206. The van der Waals surface area contributed by atoms with Crippen LogP contribution in [0.15, 0.2) is 149 Å². The summed E-state index contributed by atoms with van der Waals surface area (Å²) in [6.45, 7) is 2.49. The van der Waals surface area contributed by atoms with Gasteiger partial charge in [0, 0.05) is 5.56 Å². The molecule has 1 unspecified atom stereocenters. The van der Waals surface area contributed by atoms with E-state index in [0.29, 0.717) is 0 Å². The highest BCUT2D eigenvalue weighted by atomic mass is 32.2. The Kier molecular flexibility index (Phi) is 6.83. The maximum atomic E-state index is 10.7. The molecule has 8 rings (SSSR count). The molecule has 2 bridgehead atoms. The van der Waals surface area contributed by atoms with Crippen molar-refractivity contribution >= 4 is 21.0 Å². The minimum Gasteiger partial charge on any atom is -0.741 e. The van der Waals surface area contributed by atoms with E-state index in [-0.39, 0.29) is 21.6 Å². The number of hydrogen-bond acceptors (Lipinski definition) is 4. The highest BCUT2D eigenvalue weighted by molar-refractivity contribution is 7.98. The second-order valence-corrected chi connectivity index (χ2v) is 14.9. The van der Waals surface area contributed by atoms with E-state index in [0.717, 1.165) is 0 Å². The Hall–Kier alpha value is -3.89. The van der Waals surface area contributed by atoms with Gasteiger partial charge in [0.05, 0.1) is 16.3 Å². The van der Waals surface area contributed by atoms with Crippen molar-refractivity contribution in [2.45, 2.75) is 44.1 Å². The number of ether oxygens (including phenoxy) is 1. The first kappa shape index (κ1) is 29.8. The second-order valence-electron chi connectivity index (χ2n) is 11.4. The molecule has 0 amide bonds. The highest BCUT2D eigenvalue weighted by Crippen LogP contribution is 2.76. The minimum atomic E-state index is -6.09. The quantitative estimate of drug-likeness (QED) is 0.115. The van der Waals surface area contributed by atoms with Gasteiger partial charge in [-0.15, -0.1) is 0 Å². The van der Waals surface area contributed by atoms with Crippen molar-refractivity contribution in [1.82, 2.24) is 0 Å². The lowest BCUT2D eigenvalue weighted by Crippen LogP contribution is -2.54. The third-order valence-corrected chi connectivity index (χ3v) is 12.7. The normalized spacial score (nSPS) is 27.6. The molecule has 3 heterocycles. The van der Waals surface area contributed by atoms with Crippen LogP contribution in [-0.4, -0.2) is 23.7 Å². The van der Waals surface area contributed by atoms with E-state index in [9.17, 15) is 13.2 Å². The van der Waals surface area contributed by atoms with Crippen LogP contribution in [0.5, 0.6) is 0 Å². The third kappa shape index (κ3) is 4.04. The molecule has 5 aromatic carbocycles. The van der Waals surface area contributed by atoms with E-state index in [2.05, 4.69) is 146 Å². The number of alkyl halides is 3. The Morgan fingerprint density at radius 3 is 1.67 bits per heavy atom. The Balaban J connectivity index is 0.000000363. The van der Waals surface area contributed by atoms with Crippen molar-refractivity contribution in [3.05, 3.63) is 167 Å². The SMILES string of the molecule is C[C@@]12c3ccccc3[S+](c3ccccc3)[C@@H]1[C@@]1(c3ccccc3)O[C@]2(c2ccccc2)c2ccccc21.O=S(=O)([O-])C(F)(F)F. The lowest BCUT2D eigenvalue weighted by atomic mass is 9.56.